The van der Waals surface area contributed by atoms with Gasteiger partial charge in [0.15, 0.2) is 0 Å². The highest BCUT2D eigenvalue weighted by atomic mass is 16.6. The first-order chi connectivity index (χ1) is 8.57. The Balaban J connectivity index is 2.15. The summed E-state index contributed by atoms with van der Waals surface area (Å²) in [6.45, 7) is 5.77. The van der Waals surface area contributed by atoms with Crippen LogP contribution in [-0.4, -0.2) is 49.2 Å². The van der Waals surface area contributed by atoms with E-state index < -0.39 is 5.60 Å². The standard InChI is InChI=1S/C13H19NO4/c1-4-14(5-2)11(15)9-6-10(12(16)17-3)13(7-9)8-18-13/h6,9H,4-5,7-8H2,1-3H3/t9-,13-/m1/s1. The molecule has 0 unspecified atom stereocenters. The summed E-state index contributed by atoms with van der Waals surface area (Å²) in [5.74, 6) is -0.586. The van der Waals surface area contributed by atoms with Gasteiger partial charge in [0.25, 0.3) is 0 Å². The molecule has 1 aliphatic carbocycles. The van der Waals surface area contributed by atoms with Gasteiger partial charge >= 0.3 is 5.97 Å². The minimum Gasteiger partial charge on any atom is -0.466 e. The number of ether oxygens (including phenoxy) is 2. The predicted molar refractivity (Wildman–Crippen MR) is 64.8 cm³/mol. The molecular formula is C13H19NO4. The van der Waals surface area contributed by atoms with E-state index in [2.05, 4.69) is 0 Å². The van der Waals surface area contributed by atoms with Crippen molar-refractivity contribution in [2.45, 2.75) is 25.9 Å². The van der Waals surface area contributed by atoms with E-state index in [1.165, 1.54) is 7.11 Å². The Hall–Kier alpha value is -1.36. The second-order valence-corrected chi connectivity index (χ2v) is 4.68. The van der Waals surface area contributed by atoms with Crippen LogP contribution in [0.5, 0.6) is 0 Å². The van der Waals surface area contributed by atoms with Gasteiger partial charge in [-0.15, -0.1) is 0 Å². The molecule has 0 aromatic heterocycles. The normalized spacial score (nSPS) is 29.1. The van der Waals surface area contributed by atoms with Crippen molar-refractivity contribution in [3.05, 3.63) is 11.6 Å². The average Bonchev–Trinajstić information content (AvgIpc) is 3.03. The number of carbonyl (C=O) groups excluding carboxylic acids is 2. The lowest BCUT2D eigenvalue weighted by atomic mass is 9.99. The lowest BCUT2D eigenvalue weighted by Gasteiger charge is -2.21. The maximum Gasteiger partial charge on any atom is 0.336 e. The number of nitrogens with zero attached hydrogens (tertiary/aromatic N) is 1. The van der Waals surface area contributed by atoms with Crippen LogP contribution in [0, 0.1) is 5.92 Å². The SMILES string of the molecule is CCN(CC)C(=O)[C@@H]1C=C(C(=O)OC)[C@]2(CO2)C1. The van der Waals surface area contributed by atoms with Gasteiger partial charge < -0.3 is 14.4 Å². The zero-order chi connectivity index (χ0) is 13.3. The Morgan fingerprint density at radius 1 is 1.50 bits per heavy atom. The van der Waals surface area contributed by atoms with E-state index in [1.807, 2.05) is 13.8 Å². The minimum absolute atomic E-state index is 0.0637. The topological polar surface area (TPSA) is 59.1 Å². The van der Waals surface area contributed by atoms with Crippen LogP contribution in [0.1, 0.15) is 20.3 Å². The maximum atomic E-state index is 12.3. The van der Waals surface area contributed by atoms with Crippen molar-refractivity contribution < 1.29 is 19.1 Å². The van der Waals surface area contributed by atoms with Crippen LogP contribution in [0.3, 0.4) is 0 Å². The molecule has 0 N–H and O–H groups in total. The second-order valence-electron chi connectivity index (χ2n) is 4.68. The molecule has 1 saturated heterocycles. The number of esters is 1. The molecule has 1 fully saturated rings. The quantitative estimate of drug-likeness (QED) is 0.548. The average molecular weight is 253 g/mol. The predicted octanol–water partition coefficient (Wildman–Crippen LogP) is 0.743. The van der Waals surface area contributed by atoms with Crippen LogP contribution < -0.4 is 0 Å². The molecular weight excluding hydrogens is 234 g/mol. The number of rotatable bonds is 4. The zero-order valence-electron chi connectivity index (χ0n) is 11.1. The van der Waals surface area contributed by atoms with Gasteiger partial charge in [0.2, 0.25) is 5.91 Å². The summed E-state index contributed by atoms with van der Waals surface area (Å²) in [4.78, 5) is 25.7. The molecule has 1 amide bonds. The Kier molecular flexibility index (Phi) is 3.43. The molecule has 5 nitrogen and oxygen atoms in total. The first-order valence-corrected chi connectivity index (χ1v) is 6.31. The molecule has 0 aromatic carbocycles. The van der Waals surface area contributed by atoms with Crippen molar-refractivity contribution in [1.82, 2.24) is 4.90 Å². The van der Waals surface area contributed by atoms with Crippen LogP contribution in [0.4, 0.5) is 0 Å². The molecule has 0 saturated carbocycles. The van der Waals surface area contributed by atoms with Gasteiger partial charge in [-0.3, -0.25) is 4.79 Å². The smallest absolute Gasteiger partial charge is 0.336 e. The van der Waals surface area contributed by atoms with Crippen LogP contribution in [0.2, 0.25) is 0 Å². The molecule has 1 spiro atoms. The molecule has 0 aromatic rings. The molecule has 2 aliphatic rings. The minimum atomic E-state index is -0.541. The first-order valence-electron chi connectivity index (χ1n) is 6.31. The molecule has 1 aliphatic heterocycles. The van der Waals surface area contributed by atoms with Crippen molar-refractivity contribution in [2.24, 2.45) is 5.92 Å². The number of epoxide rings is 1. The maximum absolute atomic E-state index is 12.3. The van der Waals surface area contributed by atoms with Gasteiger partial charge in [0.05, 0.1) is 25.2 Å². The van der Waals surface area contributed by atoms with E-state index in [9.17, 15) is 9.59 Å². The summed E-state index contributed by atoms with van der Waals surface area (Å²) in [5.41, 5.74) is -0.0314. The van der Waals surface area contributed by atoms with Gasteiger partial charge in [0.1, 0.15) is 5.60 Å². The number of amides is 1. The van der Waals surface area contributed by atoms with E-state index in [4.69, 9.17) is 9.47 Å². The molecule has 2 rings (SSSR count). The zero-order valence-corrected chi connectivity index (χ0v) is 11.1. The van der Waals surface area contributed by atoms with Crippen molar-refractivity contribution in [2.75, 3.05) is 26.8 Å². The van der Waals surface area contributed by atoms with Crippen molar-refractivity contribution in [1.29, 1.82) is 0 Å². The summed E-state index contributed by atoms with van der Waals surface area (Å²) in [6, 6.07) is 0. The second kappa shape index (κ2) is 4.72. The van der Waals surface area contributed by atoms with Gasteiger partial charge in [-0.05, 0) is 20.3 Å². The lowest BCUT2D eigenvalue weighted by molar-refractivity contribution is -0.137. The fraction of sp³-hybridized carbons (Fsp3) is 0.692. The molecule has 5 heteroatoms. The highest BCUT2D eigenvalue weighted by molar-refractivity contribution is 5.95. The third-order valence-electron chi connectivity index (χ3n) is 3.70. The van der Waals surface area contributed by atoms with Crippen LogP contribution in [-0.2, 0) is 19.1 Å². The monoisotopic (exact) mass is 253 g/mol. The van der Waals surface area contributed by atoms with Crippen molar-refractivity contribution in [3.63, 3.8) is 0 Å². The summed E-state index contributed by atoms with van der Waals surface area (Å²) < 4.78 is 10.1. The van der Waals surface area contributed by atoms with Crippen LogP contribution in [0.15, 0.2) is 11.6 Å². The Labute approximate surface area is 107 Å². The van der Waals surface area contributed by atoms with E-state index in [-0.39, 0.29) is 17.8 Å². The van der Waals surface area contributed by atoms with Gasteiger partial charge in [-0.1, -0.05) is 6.08 Å². The summed E-state index contributed by atoms with van der Waals surface area (Å²) in [7, 11) is 1.35. The van der Waals surface area contributed by atoms with Gasteiger partial charge in [-0.2, -0.15) is 0 Å². The van der Waals surface area contributed by atoms with E-state index in [0.717, 1.165) is 0 Å². The first kappa shape index (κ1) is 13.1. The van der Waals surface area contributed by atoms with Crippen molar-refractivity contribution in [3.8, 4) is 0 Å². The summed E-state index contributed by atoms with van der Waals surface area (Å²) >= 11 is 0. The highest BCUT2D eigenvalue weighted by Crippen LogP contribution is 2.47. The van der Waals surface area contributed by atoms with E-state index in [1.54, 1.807) is 11.0 Å². The molecule has 0 bridgehead atoms. The van der Waals surface area contributed by atoms with Crippen LogP contribution in [0.25, 0.3) is 0 Å². The number of hydrogen-bond acceptors (Lipinski definition) is 4. The molecule has 100 valence electrons. The molecule has 18 heavy (non-hydrogen) atoms. The third-order valence-corrected chi connectivity index (χ3v) is 3.70. The molecule has 2 atom stereocenters. The molecule has 1 heterocycles. The van der Waals surface area contributed by atoms with Gasteiger partial charge in [0, 0.05) is 13.1 Å². The molecule has 0 radical (unpaired) electrons. The Morgan fingerprint density at radius 3 is 2.56 bits per heavy atom. The Morgan fingerprint density at radius 2 is 2.11 bits per heavy atom. The largest absolute Gasteiger partial charge is 0.466 e. The number of methoxy groups -OCH3 is 1. The lowest BCUT2D eigenvalue weighted by Crippen LogP contribution is -2.35. The summed E-state index contributed by atoms with van der Waals surface area (Å²) in [6.07, 6.45) is 2.28. The fourth-order valence-corrected chi connectivity index (χ4v) is 2.53. The number of carbonyl (C=O) groups is 2. The van der Waals surface area contributed by atoms with Crippen molar-refractivity contribution >= 4 is 11.9 Å². The van der Waals surface area contributed by atoms with E-state index in [0.29, 0.717) is 31.7 Å². The fourth-order valence-electron chi connectivity index (χ4n) is 2.53. The van der Waals surface area contributed by atoms with Gasteiger partial charge in [-0.25, -0.2) is 4.79 Å². The highest BCUT2D eigenvalue weighted by Gasteiger charge is 2.57. The van der Waals surface area contributed by atoms with Crippen LogP contribution >= 0.6 is 0 Å². The number of hydrogen-bond donors (Lipinski definition) is 0. The Bertz CT molecular complexity index is 394. The van der Waals surface area contributed by atoms with E-state index >= 15 is 0 Å². The summed E-state index contributed by atoms with van der Waals surface area (Å²) in [5, 5.41) is 0. The third kappa shape index (κ3) is 2.03.